The Hall–Kier alpha value is -1.35. The van der Waals surface area contributed by atoms with Crippen LogP contribution in [0.5, 0.6) is 0 Å². The zero-order valence-electron chi connectivity index (χ0n) is 9.66. The van der Waals surface area contributed by atoms with E-state index in [0.29, 0.717) is 11.8 Å². The third-order valence-corrected chi connectivity index (χ3v) is 3.47. The van der Waals surface area contributed by atoms with E-state index < -0.39 is 0 Å². The molecule has 1 N–H and O–H groups in total. The van der Waals surface area contributed by atoms with Crippen molar-refractivity contribution in [3.8, 4) is 0 Å². The molecule has 0 bridgehead atoms. The molecule has 84 valence electrons. The largest absolute Gasteiger partial charge is 0.440 e. The second-order valence-electron chi connectivity index (χ2n) is 4.72. The Morgan fingerprint density at radius 3 is 2.94 bits per heavy atom. The average molecular weight is 216 g/mol. The molecule has 0 amide bonds. The standard InChI is InChI=1S/C13H16N2O/c1-8-4-3-5-11-12(8)15-13(16-11)10-7-14-6-9(10)2/h3-5,9-10,14H,6-7H2,1-2H3/t9-,10-/m1/s1. The molecule has 0 saturated carbocycles. The van der Waals surface area contributed by atoms with Crippen molar-refractivity contribution in [1.82, 2.24) is 10.3 Å². The van der Waals surface area contributed by atoms with Crippen molar-refractivity contribution >= 4 is 11.1 Å². The van der Waals surface area contributed by atoms with E-state index in [-0.39, 0.29) is 0 Å². The molecule has 1 aromatic carbocycles. The molecule has 0 radical (unpaired) electrons. The molecule has 3 heteroatoms. The Labute approximate surface area is 94.9 Å². The Kier molecular flexibility index (Phi) is 2.21. The van der Waals surface area contributed by atoms with E-state index in [0.717, 1.165) is 30.1 Å². The second kappa shape index (κ2) is 3.59. The first-order valence-corrected chi connectivity index (χ1v) is 5.82. The van der Waals surface area contributed by atoms with Crippen molar-refractivity contribution in [2.24, 2.45) is 5.92 Å². The van der Waals surface area contributed by atoms with E-state index in [4.69, 9.17) is 4.42 Å². The Morgan fingerprint density at radius 2 is 2.25 bits per heavy atom. The van der Waals surface area contributed by atoms with Crippen LogP contribution in [-0.4, -0.2) is 18.1 Å². The summed E-state index contributed by atoms with van der Waals surface area (Å²) < 4.78 is 5.85. The second-order valence-corrected chi connectivity index (χ2v) is 4.72. The van der Waals surface area contributed by atoms with Gasteiger partial charge in [0, 0.05) is 6.54 Å². The number of benzene rings is 1. The van der Waals surface area contributed by atoms with Crippen LogP contribution < -0.4 is 5.32 Å². The van der Waals surface area contributed by atoms with E-state index in [1.807, 2.05) is 12.1 Å². The molecule has 1 saturated heterocycles. The molecule has 16 heavy (non-hydrogen) atoms. The zero-order valence-corrected chi connectivity index (χ0v) is 9.66. The molecule has 1 aromatic heterocycles. The Balaban J connectivity index is 2.08. The van der Waals surface area contributed by atoms with Crippen LogP contribution >= 0.6 is 0 Å². The van der Waals surface area contributed by atoms with Gasteiger partial charge >= 0.3 is 0 Å². The summed E-state index contributed by atoms with van der Waals surface area (Å²) in [5, 5.41) is 3.38. The normalized spacial score (nSPS) is 25.4. The SMILES string of the molecule is Cc1cccc2oc([C@@H]3CNC[C@H]3C)nc12. The van der Waals surface area contributed by atoms with Crippen LogP contribution in [0.4, 0.5) is 0 Å². The van der Waals surface area contributed by atoms with Crippen LogP contribution in [0.3, 0.4) is 0 Å². The molecule has 2 aromatic rings. The Bertz CT molecular complexity index is 518. The van der Waals surface area contributed by atoms with Gasteiger partial charge in [-0.2, -0.15) is 0 Å². The van der Waals surface area contributed by atoms with Gasteiger partial charge in [0.15, 0.2) is 11.5 Å². The van der Waals surface area contributed by atoms with Gasteiger partial charge in [-0.15, -0.1) is 0 Å². The van der Waals surface area contributed by atoms with Crippen molar-refractivity contribution in [2.75, 3.05) is 13.1 Å². The summed E-state index contributed by atoms with van der Waals surface area (Å²) in [6.07, 6.45) is 0. The lowest BCUT2D eigenvalue weighted by Crippen LogP contribution is -2.08. The first-order valence-electron chi connectivity index (χ1n) is 5.82. The van der Waals surface area contributed by atoms with Crippen molar-refractivity contribution in [1.29, 1.82) is 0 Å². The molecule has 3 nitrogen and oxygen atoms in total. The number of nitrogens with zero attached hydrogens (tertiary/aromatic N) is 1. The molecule has 1 fully saturated rings. The first-order chi connectivity index (χ1) is 7.75. The molecule has 2 atom stereocenters. The van der Waals surface area contributed by atoms with Gasteiger partial charge in [0.2, 0.25) is 0 Å². The zero-order chi connectivity index (χ0) is 11.1. The van der Waals surface area contributed by atoms with Crippen molar-refractivity contribution in [3.63, 3.8) is 0 Å². The fraction of sp³-hybridized carbons (Fsp3) is 0.462. The van der Waals surface area contributed by atoms with Gasteiger partial charge in [-0.05, 0) is 31.0 Å². The van der Waals surface area contributed by atoms with Crippen molar-refractivity contribution in [3.05, 3.63) is 29.7 Å². The number of aromatic nitrogens is 1. The minimum absolute atomic E-state index is 0.423. The molecular formula is C13H16N2O. The van der Waals surface area contributed by atoms with Crippen LogP contribution in [0.25, 0.3) is 11.1 Å². The molecule has 0 aliphatic carbocycles. The minimum atomic E-state index is 0.423. The van der Waals surface area contributed by atoms with E-state index >= 15 is 0 Å². The number of para-hydroxylation sites is 1. The van der Waals surface area contributed by atoms with Gasteiger partial charge in [-0.1, -0.05) is 19.1 Å². The minimum Gasteiger partial charge on any atom is -0.440 e. The Morgan fingerprint density at radius 1 is 1.38 bits per heavy atom. The van der Waals surface area contributed by atoms with E-state index in [9.17, 15) is 0 Å². The van der Waals surface area contributed by atoms with Gasteiger partial charge in [-0.25, -0.2) is 4.98 Å². The van der Waals surface area contributed by atoms with Crippen LogP contribution in [0.15, 0.2) is 22.6 Å². The van der Waals surface area contributed by atoms with E-state index in [1.165, 1.54) is 5.56 Å². The highest BCUT2D eigenvalue weighted by Gasteiger charge is 2.29. The van der Waals surface area contributed by atoms with Gasteiger partial charge < -0.3 is 9.73 Å². The monoisotopic (exact) mass is 216 g/mol. The third-order valence-electron chi connectivity index (χ3n) is 3.47. The average Bonchev–Trinajstić information content (AvgIpc) is 2.84. The number of rotatable bonds is 1. The highest BCUT2D eigenvalue weighted by atomic mass is 16.3. The summed E-state index contributed by atoms with van der Waals surface area (Å²) in [7, 11) is 0. The summed E-state index contributed by atoms with van der Waals surface area (Å²) in [6.45, 7) is 6.35. The number of hydrogen-bond acceptors (Lipinski definition) is 3. The first kappa shape index (κ1) is 9.85. The molecule has 2 heterocycles. The lowest BCUT2D eigenvalue weighted by Gasteiger charge is -2.08. The maximum atomic E-state index is 5.85. The van der Waals surface area contributed by atoms with Crippen LogP contribution in [0.1, 0.15) is 24.3 Å². The predicted octanol–water partition coefficient (Wildman–Crippen LogP) is 2.46. The fourth-order valence-electron chi connectivity index (χ4n) is 2.40. The maximum Gasteiger partial charge on any atom is 0.200 e. The molecule has 1 aliphatic rings. The maximum absolute atomic E-state index is 5.85. The molecular weight excluding hydrogens is 200 g/mol. The van der Waals surface area contributed by atoms with Crippen molar-refractivity contribution < 1.29 is 4.42 Å². The van der Waals surface area contributed by atoms with E-state index in [2.05, 4.69) is 30.2 Å². The number of fused-ring (bicyclic) bond motifs is 1. The van der Waals surface area contributed by atoms with Crippen LogP contribution in [0.2, 0.25) is 0 Å². The topological polar surface area (TPSA) is 38.1 Å². The summed E-state index contributed by atoms with van der Waals surface area (Å²) in [5.74, 6) is 1.92. The lowest BCUT2D eigenvalue weighted by molar-refractivity contribution is 0.435. The third kappa shape index (κ3) is 1.43. The number of hydrogen-bond donors (Lipinski definition) is 1. The highest BCUT2D eigenvalue weighted by Crippen LogP contribution is 2.30. The van der Waals surface area contributed by atoms with Crippen LogP contribution in [-0.2, 0) is 0 Å². The van der Waals surface area contributed by atoms with Gasteiger partial charge in [0.25, 0.3) is 0 Å². The summed E-state index contributed by atoms with van der Waals surface area (Å²) >= 11 is 0. The van der Waals surface area contributed by atoms with Crippen molar-refractivity contribution in [2.45, 2.75) is 19.8 Å². The molecule has 0 spiro atoms. The smallest absolute Gasteiger partial charge is 0.200 e. The fourth-order valence-corrected chi connectivity index (χ4v) is 2.40. The highest BCUT2D eigenvalue weighted by molar-refractivity contribution is 5.76. The molecule has 0 unspecified atom stereocenters. The number of nitrogens with one attached hydrogen (secondary N) is 1. The molecule has 1 aliphatic heterocycles. The summed E-state index contributed by atoms with van der Waals surface area (Å²) in [5.41, 5.74) is 3.11. The van der Waals surface area contributed by atoms with Crippen LogP contribution in [0, 0.1) is 12.8 Å². The molecule has 3 rings (SSSR count). The lowest BCUT2D eigenvalue weighted by atomic mass is 9.98. The quantitative estimate of drug-likeness (QED) is 0.795. The summed E-state index contributed by atoms with van der Waals surface area (Å²) in [4.78, 5) is 4.64. The van der Waals surface area contributed by atoms with E-state index in [1.54, 1.807) is 0 Å². The predicted molar refractivity (Wildman–Crippen MR) is 63.5 cm³/mol. The van der Waals surface area contributed by atoms with Gasteiger partial charge in [0.1, 0.15) is 5.52 Å². The van der Waals surface area contributed by atoms with Gasteiger partial charge in [-0.3, -0.25) is 0 Å². The van der Waals surface area contributed by atoms with Gasteiger partial charge in [0.05, 0.1) is 5.92 Å². The number of oxazole rings is 1. The number of aryl methyl sites for hydroxylation is 1. The summed E-state index contributed by atoms with van der Waals surface area (Å²) in [6, 6.07) is 6.08.